The van der Waals surface area contributed by atoms with Gasteiger partial charge < -0.3 is 18.9 Å². The molecule has 0 spiro atoms. The van der Waals surface area contributed by atoms with Gasteiger partial charge in [-0.25, -0.2) is 0 Å². The Morgan fingerprint density at radius 3 is 1.00 bits per heavy atom. The van der Waals surface area contributed by atoms with Gasteiger partial charge in [-0.3, -0.25) is 19.2 Å². The maximum Gasteiger partial charge on any atom is 0.320 e. The van der Waals surface area contributed by atoms with Crippen LogP contribution in [0.2, 0.25) is 0 Å². The molecule has 0 aliphatic rings. The van der Waals surface area contributed by atoms with Crippen LogP contribution in [-0.4, -0.2) is 52.3 Å². The summed E-state index contributed by atoms with van der Waals surface area (Å²) < 4.78 is 18.1. The summed E-state index contributed by atoms with van der Waals surface area (Å²) in [5.41, 5.74) is 0. The van der Waals surface area contributed by atoms with Gasteiger partial charge in [-0.05, 0) is 12.8 Å². The van der Waals surface area contributed by atoms with Gasteiger partial charge in [0.15, 0.2) is 11.8 Å². The molecule has 126 valence electrons. The van der Waals surface area contributed by atoms with E-state index in [1.807, 2.05) is 0 Å². The van der Waals surface area contributed by atoms with Crippen LogP contribution in [-0.2, 0) is 38.1 Å². The van der Waals surface area contributed by atoms with Crippen molar-refractivity contribution >= 4 is 23.9 Å². The summed E-state index contributed by atoms with van der Waals surface area (Å²) in [6.07, 6.45) is 1.27. The third-order valence-corrected chi connectivity index (χ3v) is 3.18. The Labute approximate surface area is 129 Å². The minimum Gasteiger partial charge on any atom is -0.468 e. The Morgan fingerprint density at radius 2 is 0.818 bits per heavy atom. The molecule has 0 heterocycles. The van der Waals surface area contributed by atoms with Crippen LogP contribution in [0.4, 0.5) is 0 Å². The fourth-order valence-electron chi connectivity index (χ4n) is 1.93. The first kappa shape index (κ1) is 19.9. The van der Waals surface area contributed by atoms with Crippen molar-refractivity contribution in [2.45, 2.75) is 25.7 Å². The lowest BCUT2D eigenvalue weighted by atomic mass is 9.97. The standard InChI is InChI=1S/C14H22O8/c1-19-11(15)9(12(16)20-2)7-5-6-8-10(13(17)21-3)14(18)22-4/h9-10H,5-8H2,1-4H3. The molecule has 0 rings (SSSR count). The van der Waals surface area contributed by atoms with Crippen molar-refractivity contribution in [1.29, 1.82) is 0 Å². The highest BCUT2D eigenvalue weighted by molar-refractivity contribution is 5.95. The van der Waals surface area contributed by atoms with Crippen molar-refractivity contribution in [3.05, 3.63) is 0 Å². The molecule has 0 fully saturated rings. The van der Waals surface area contributed by atoms with E-state index in [1.54, 1.807) is 0 Å². The molecular weight excluding hydrogens is 296 g/mol. The second-order valence-electron chi connectivity index (χ2n) is 4.48. The molecule has 8 nitrogen and oxygen atoms in total. The lowest BCUT2D eigenvalue weighted by molar-refractivity contribution is -0.161. The molecule has 0 radical (unpaired) electrons. The second-order valence-corrected chi connectivity index (χ2v) is 4.48. The van der Waals surface area contributed by atoms with Gasteiger partial charge in [0.05, 0.1) is 28.4 Å². The molecule has 0 saturated heterocycles. The maximum atomic E-state index is 11.5. The van der Waals surface area contributed by atoms with Gasteiger partial charge in [-0.2, -0.15) is 0 Å². The first-order chi connectivity index (χ1) is 10.4. The van der Waals surface area contributed by atoms with E-state index in [-0.39, 0.29) is 12.8 Å². The topological polar surface area (TPSA) is 105 Å². The monoisotopic (exact) mass is 318 g/mol. The Hall–Kier alpha value is -2.12. The molecule has 0 aliphatic heterocycles. The quantitative estimate of drug-likeness (QED) is 0.261. The number of hydrogen-bond donors (Lipinski definition) is 0. The lowest BCUT2D eigenvalue weighted by Crippen LogP contribution is -2.27. The van der Waals surface area contributed by atoms with Crippen LogP contribution in [0, 0.1) is 11.8 Å². The van der Waals surface area contributed by atoms with Crippen molar-refractivity contribution in [1.82, 2.24) is 0 Å². The Balaban J connectivity index is 4.47. The number of hydrogen-bond acceptors (Lipinski definition) is 8. The van der Waals surface area contributed by atoms with Gasteiger partial charge >= 0.3 is 23.9 Å². The van der Waals surface area contributed by atoms with Crippen LogP contribution < -0.4 is 0 Å². The van der Waals surface area contributed by atoms with Gasteiger partial charge in [0.2, 0.25) is 0 Å². The average molecular weight is 318 g/mol. The summed E-state index contributed by atoms with van der Waals surface area (Å²) in [4.78, 5) is 45.9. The Kier molecular flexibility index (Phi) is 9.56. The number of ether oxygens (including phenoxy) is 4. The average Bonchev–Trinajstić information content (AvgIpc) is 2.55. The summed E-state index contributed by atoms with van der Waals surface area (Å²) in [6, 6.07) is 0. The van der Waals surface area contributed by atoms with Gasteiger partial charge in [0, 0.05) is 0 Å². The number of rotatable bonds is 9. The summed E-state index contributed by atoms with van der Waals surface area (Å²) in [7, 11) is 4.73. The summed E-state index contributed by atoms with van der Waals surface area (Å²) in [5, 5.41) is 0. The molecule has 0 unspecified atom stereocenters. The fourth-order valence-corrected chi connectivity index (χ4v) is 1.93. The number of carbonyl (C=O) groups excluding carboxylic acids is 4. The normalized spacial score (nSPS) is 10.3. The molecule has 0 N–H and O–H groups in total. The minimum absolute atomic E-state index is 0.203. The molecule has 22 heavy (non-hydrogen) atoms. The SMILES string of the molecule is COC(=O)C(CCCCC(C(=O)OC)C(=O)OC)C(=O)OC. The minimum atomic E-state index is -1.01. The Morgan fingerprint density at radius 1 is 0.591 bits per heavy atom. The maximum absolute atomic E-state index is 11.5. The Bertz CT molecular complexity index is 334. The largest absolute Gasteiger partial charge is 0.468 e. The van der Waals surface area contributed by atoms with E-state index >= 15 is 0 Å². The van der Waals surface area contributed by atoms with Crippen LogP contribution in [0.1, 0.15) is 25.7 Å². The van der Waals surface area contributed by atoms with Gasteiger partial charge in [0.1, 0.15) is 0 Å². The van der Waals surface area contributed by atoms with E-state index < -0.39 is 35.7 Å². The molecular formula is C14H22O8. The van der Waals surface area contributed by atoms with E-state index in [0.717, 1.165) is 0 Å². The van der Waals surface area contributed by atoms with Crippen LogP contribution in [0.3, 0.4) is 0 Å². The summed E-state index contributed by atoms with van der Waals surface area (Å²) in [6.45, 7) is 0. The molecule has 0 saturated carbocycles. The van der Waals surface area contributed by atoms with Crippen LogP contribution in [0.25, 0.3) is 0 Å². The molecule has 0 atom stereocenters. The molecule has 0 aromatic rings. The van der Waals surface area contributed by atoms with E-state index in [4.69, 9.17) is 0 Å². The summed E-state index contributed by atoms with van der Waals surface area (Å²) in [5.74, 6) is -4.73. The van der Waals surface area contributed by atoms with Crippen molar-refractivity contribution in [3.8, 4) is 0 Å². The molecule has 0 aromatic heterocycles. The van der Waals surface area contributed by atoms with Gasteiger partial charge in [-0.15, -0.1) is 0 Å². The van der Waals surface area contributed by atoms with E-state index in [2.05, 4.69) is 18.9 Å². The van der Waals surface area contributed by atoms with E-state index in [9.17, 15) is 19.2 Å². The third kappa shape index (κ3) is 6.11. The number of esters is 4. The highest BCUT2D eigenvalue weighted by Crippen LogP contribution is 2.17. The molecule has 0 aromatic carbocycles. The van der Waals surface area contributed by atoms with E-state index in [1.165, 1.54) is 28.4 Å². The first-order valence-corrected chi connectivity index (χ1v) is 6.74. The van der Waals surface area contributed by atoms with Gasteiger partial charge in [0.25, 0.3) is 0 Å². The first-order valence-electron chi connectivity index (χ1n) is 6.74. The molecule has 0 aliphatic carbocycles. The van der Waals surface area contributed by atoms with E-state index in [0.29, 0.717) is 12.8 Å². The lowest BCUT2D eigenvalue weighted by Gasteiger charge is -2.14. The van der Waals surface area contributed by atoms with Crippen LogP contribution >= 0.6 is 0 Å². The predicted molar refractivity (Wildman–Crippen MR) is 73.5 cm³/mol. The van der Waals surface area contributed by atoms with Crippen molar-refractivity contribution in [3.63, 3.8) is 0 Å². The molecule has 0 bridgehead atoms. The highest BCUT2D eigenvalue weighted by atomic mass is 16.5. The number of methoxy groups -OCH3 is 4. The van der Waals surface area contributed by atoms with Gasteiger partial charge in [-0.1, -0.05) is 12.8 Å². The smallest absolute Gasteiger partial charge is 0.320 e. The highest BCUT2D eigenvalue weighted by Gasteiger charge is 2.30. The van der Waals surface area contributed by atoms with Crippen LogP contribution in [0.5, 0.6) is 0 Å². The number of carbonyl (C=O) groups is 4. The predicted octanol–water partition coefficient (Wildman–Crippen LogP) is 0.471. The summed E-state index contributed by atoms with van der Waals surface area (Å²) >= 11 is 0. The fraction of sp³-hybridized carbons (Fsp3) is 0.714. The molecule has 8 heteroatoms. The zero-order chi connectivity index (χ0) is 17.1. The zero-order valence-corrected chi connectivity index (χ0v) is 13.2. The molecule has 0 amide bonds. The third-order valence-electron chi connectivity index (χ3n) is 3.18. The van der Waals surface area contributed by atoms with Crippen LogP contribution in [0.15, 0.2) is 0 Å². The van der Waals surface area contributed by atoms with Crippen molar-refractivity contribution in [2.24, 2.45) is 11.8 Å². The number of unbranched alkanes of at least 4 members (excludes halogenated alkanes) is 1. The second kappa shape index (κ2) is 10.6. The van der Waals surface area contributed by atoms with Crippen molar-refractivity contribution < 1.29 is 38.1 Å². The van der Waals surface area contributed by atoms with Crippen molar-refractivity contribution in [2.75, 3.05) is 28.4 Å². The zero-order valence-electron chi connectivity index (χ0n) is 13.2.